The van der Waals surface area contributed by atoms with E-state index in [4.69, 9.17) is 4.74 Å². The second-order valence-corrected chi connectivity index (χ2v) is 9.42. The summed E-state index contributed by atoms with van der Waals surface area (Å²) < 4.78 is 21.0. The van der Waals surface area contributed by atoms with Crippen molar-refractivity contribution in [1.29, 1.82) is 0 Å². The molecular formula is C28H25FN3O3S+. The smallest absolute Gasteiger partial charge is 0.345 e. The van der Waals surface area contributed by atoms with Crippen molar-refractivity contribution in [2.24, 2.45) is 0 Å². The number of nitrogens with zero attached hydrogens (tertiary/aromatic N) is 2. The number of methoxy groups -OCH3 is 1. The van der Waals surface area contributed by atoms with Crippen molar-refractivity contribution in [2.75, 3.05) is 24.4 Å². The van der Waals surface area contributed by atoms with Crippen molar-refractivity contribution in [3.63, 3.8) is 0 Å². The predicted molar refractivity (Wildman–Crippen MR) is 139 cm³/mol. The number of carbonyl (C=O) groups excluding carboxylic acids is 1. The van der Waals surface area contributed by atoms with Gasteiger partial charge in [0.05, 0.1) is 19.8 Å². The highest BCUT2D eigenvalue weighted by Crippen LogP contribution is 2.44. The van der Waals surface area contributed by atoms with E-state index in [1.807, 2.05) is 61.3 Å². The molecule has 0 aliphatic carbocycles. The molecule has 1 atom stereocenters. The zero-order valence-corrected chi connectivity index (χ0v) is 20.8. The number of hydrogen-bond acceptors (Lipinski definition) is 5. The van der Waals surface area contributed by atoms with E-state index in [2.05, 4.69) is 5.32 Å². The largest absolute Gasteiger partial charge is 0.495 e. The summed E-state index contributed by atoms with van der Waals surface area (Å²) in [5.41, 5.74) is 3.22. The Morgan fingerprint density at radius 2 is 1.72 bits per heavy atom. The van der Waals surface area contributed by atoms with Crippen molar-refractivity contribution < 1.29 is 23.6 Å². The van der Waals surface area contributed by atoms with Gasteiger partial charge in [-0.15, -0.1) is 0 Å². The summed E-state index contributed by atoms with van der Waals surface area (Å²) in [5, 5.41) is 15.2. The molecule has 5 rings (SSSR count). The number of ether oxygens (including phenoxy) is 1. The average molecular weight is 503 g/mol. The van der Waals surface area contributed by atoms with Crippen molar-refractivity contribution in [1.82, 2.24) is 0 Å². The summed E-state index contributed by atoms with van der Waals surface area (Å²) in [4.78, 5) is 16.4. The zero-order chi connectivity index (χ0) is 25.4. The molecule has 0 fully saturated rings. The maximum Gasteiger partial charge on any atom is 0.345 e. The molecule has 2 N–H and O–H groups in total. The zero-order valence-electron chi connectivity index (χ0n) is 20.0. The standard InChI is InChI=1S/C28H24FN3O3S/c1-17-23(26(33)30-21-11-7-8-12-22(21)35-3)24(18-13-15-20(29)16-14-18)32-27(34)25(36-28(32)31(17)2)19-9-5-4-6-10-19/h4-16,24H,1-3H3,(H-,30,33,34)/p+1. The first kappa shape index (κ1) is 23.6. The fourth-order valence-electron chi connectivity index (χ4n) is 4.46. The molecular weight excluding hydrogens is 477 g/mol. The third-order valence-corrected chi connectivity index (χ3v) is 7.64. The van der Waals surface area contributed by atoms with E-state index < -0.39 is 6.04 Å². The van der Waals surface area contributed by atoms with Crippen LogP contribution in [0.4, 0.5) is 15.2 Å². The molecule has 0 saturated carbocycles. The molecule has 1 aromatic heterocycles. The Balaban J connectivity index is 1.68. The Hall–Kier alpha value is -4.17. The molecule has 36 heavy (non-hydrogen) atoms. The van der Waals surface area contributed by atoms with Gasteiger partial charge in [0.25, 0.3) is 5.91 Å². The van der Waals surface area contributed by atoms with Crippen LogP contribution in [0.2, 0.25) is 0 Å². The van der Waals surface area contributed by atoms with Crippen LogP contribution >= 0.6 is 11.3 Å². The maximum atomic E-state index is 13.9. The Morgan fingerprint density at radius 1 is 1.06 bits per heavy atom. The van der Waals surface area contributed by atoms with E-state index in [1.165, 1.54) is 23.5 Å². The Kier molecular flexibility index (Phi) is 6.20. The predicted octanol–water partition coefficient (Wildman–Crippen LogP) is 5.51. The SMILES string of the molecule is COc1ccccc1NC(=O)C1=C(C)N(C)c2sc(-c3ccccc3)c(O)[n+]2C1c1ccc(F)cc1. The number of carbonyl (C=O) groups is 1. The topological polar surface area (TPSA) is 65.7 Å². The van der Waals surface area contributed by atoms with Gasteiger partial charge in [0, 0.05) is 5.56 Å². The highest BCUT2D eigenvalue weighted by atomic mass is 32.1. The quantitative estimate of drug-likeness (QED) is 0.354. The number of allylic oxidation sites excluding steroid dienone is 1. The molecule has 4 aromatic rings. The lowest BCUT2D eigenvalue weighted by Crippen LogP contribution is -2.50. The minimum absolute atomic E-state index is 0.0393. The molecule has 1 amide bonds. The summed E-state index contributed by atoms with van der Waals surface area (Å²) in [6.45, 7) is 1.87. The highest BCUT2D eigenvalue weighted by molar-refractivity contribution is 7.18. The molecule has 1 aliphatic heterocycles. The van der Waals surface area contributed by atoms with Crippen molar-refractivity contribution in [3.8, 4) is 22.1 Å². The van der Waals surface area contributed by atoms with Crippen LogP contribution in [0, 0.1) is 5.82 Å². The number of thiazole rings is 1. The second-order valence-electron chi connectivity index (χ2n) is 8.44. The van der Waals surface area contributed by atoms with Gasteiger partial charge >= 0.3 is 11.0 Å². The number of aromatic nitrogens is 1. The first-order valence-corrected chi connectivity index (χ1v) is 12.2. The highest BCUT2D eigenvalue weighted by Gasteiger charge is 2.45. The monoisotopic (exact) mass is 502 g/mol. The molecule has 0 spiro atoms. The van der Waals surface area contributed by atoms with Gasteiger partial charge in [0.15, 0.2) is 6.04 Å². The van der Waals surface area contributed by atoms with Gasteiger partial charge in [0.1, 0.15) is 27.7 Å². The molecule has 3 aromatic carbocycles. The van der Waals surface area contributed by atoms with E-state index in [0.717, 1.165) is 16.4 Å². The van der Waals surface area contributed by atoms with Gasteiger partial charge in [-0.1, -0.05) is 54.6 Å². The Bertz CT molecular complexity index is 1470. The number of para-hydroxylation sites is 2. The third-order valence-electron chi connectivity index (χ3n) is 6.36. The minimum Gasteiger partial charge on any atom is -0.495 e. The van der Waals surface area contributed by atoms with Gasteiger partial charge in [-0.2, -0.15) is 4.57 Å². The van der Waals surface area contributed by atoms with Crippen LogP contribution in [0.15, 0.2) is 90.1 Å². The first-order chi connectivity index (χ1) is 17.4. The van der Waals surface area contributed by atoms with Gasteiger partial charge < -0.3 is 15.2 Å². The second kappa shape index (κ2) is 9.47. The number of rotatable bonds is 5. The van der Waals surface area contributed by atoms with Crippen LogP contribution < -0.4 is 19.5 Å². The number of aromatic hydroxyl groups is 1. The molecule has 1 unspecified atom stereocenters. The van der Waals surface area contributed by atoms with Crippen LogP contribution in [0.3, 0.4) is 0 Å². The molecule has 2 heterocycles. The maximum absolute atomic E-state index is 13.9. The minimum atomic E-state index is -0.680. The average Bonchev–Trinajstić information content (AvgIpc) is 3.24. The van der Waals surface area contributed by atoms with Gasteiger partial charge in [-0.05, 0) is 48.1 Å². The molecule has 6 nitrogen and oxygen atoms in total. The first-order valence-electron chi connectivity index (χ1n) is 11.4. The van der Waals surface area contributed by atoms with Crippen LogP contribution in [-0.2, 0) is 4.79 Å². The molecule has 182 valence electrons. The summed E-state index contributed by atoms with van der Waals surface area (Å²) >= 11 is 1.43. The fraction of sp³-hybridized carbons (Fsp3) is 0.143. The van der Waals surface area contributed by atoms with Gasteiger partial charge in [0.2, 0.25) is 0 Å². The van der Waals surface area contributed by atoms with E-state index in [0.29, 0.717) is 27.5 Å². The number of benzene rings is 3. The lowest BCUT2D eigenvalue weighted by Gasteiger charge is -2.28. The normalized spacial score (nSPS) is 15.0. The van der Waals surface area contributed by atoms with E-state index in [-0.39, 0.29) is 17.6 Å². The molecule has 0 saturated heterocycles. The third kappa shape index (κ3) is 3.99. The lowest BCUT2D eigenvalue weighted by molar-refractivity contribution is -0.695. The number of halogens is 1. The van der Waals surface area contributed by atoms with Crippen molar-refractivity contribution in [3.05, 3.63) is 102 Å². The number of hydrogen-bond donors (Lipinski definition) is 2. The molecule has 0 radical (unpaired) electrons. The number of fused-ring (bicyclic) bond motifs is 1. The Morgan fingerprint density at radius 3 is 2.42 bits per heavy atom. The fourth-order valence-corrected chi connectivity index (χ4v) is 5.65. The Labute approximate surface area is 212 Å². The van der Waals surface area contributed by atoms with Crippen molar-refractivity contribution in [2.45, 2.75) is 13.0 Å². The number of nitrogens with one attached hydrogen (secondary N) is 1. The summed E-state index contributed by atoms with van der Waals surface area (Å²) in [6, 6.07) is 22.1. The van der Waals surface area contributed by atoms with Gasteiger partial charge in [-0.3, -0.25) is 4.79 Å². The summed E-state index contributed by atoms with van der Waals surface area (Å²) in [6.07, 6.45) is 0. The lowest BCUT2D eigenvalue weighted by atomic mass is 9.94. The van der Waals surface area contributed by atoms with E-state index >= 15 is 0 Å². The van der Waals surface area contributed by atoms with Crippen LogP contribution in [0.1, 0.15) is 18.5 Å². The van der Waals surface area contributed by atoms with E-state index in [1.54, 1.807) is 35.9 Å². The number of anilines is 2. The van der Waals surface area contributed by atoms with Crippen LogP contribution in [-0.4, -0.2) is 25.2 Å². The number of amides is 1. The van der Waals surface area contributed by atoms with Crippen LogP contribution in [0.25, 0.3) is 10.4 Å². The van der Waals surface area contributed by atoms with E-state index in [9.17, 15) is 14.3 Å². The van der Waals surface area contributed by atoms with Gasteiger partial charge in [-0.25, -0.2) is 9.29 Å². The molecule has 1 aliphatic rings. The molecule has 0 bridgehead atoms. The summed E-state index contributed by atoms with van der Waals surface area (Å²) in [5.74, 6) is -0.150. The summed E-state index contributed by atoms with van der Waals surface area (Å²) in [7, 11) is 3.41. The van der Waals surface area contributed by atoms with Crippen molar-refractivity contribution >= 4 is 28.1 Å². The molecule has 8 heteroatoms. The van der Waals surface area contributed by atoms with Crippen LogP contribution in [0.5, 0.6) is 11.6 Å².